The van der Waals surface area contributed by atoms with Gasteiger partial charge in [-0.3, -0.25) is 4.79 Å². The highest BCUT2D eigenvalue weighted by Gasteiger charge is 2.13. The normalized spacial score (nSPS) is 11.5. The highest BCUT2D eigenvalue weighted by atomic mass is 35.5. The van der Waals surface area contributed by atoms with Crippen LogP contribution in [-0.2, 0) is 4.79 Å². The Labute approximate surface area is 128 Å². The molecule has 5 heteroatoms. The number of aromatic nitrogens is 2. The smallest absolute Gasteiger partial charge is 0.175 e. The minimum Gasteiger partial charge on any atom is -0.293 e. The lowest BCUT2D eigenvalue weighted by atomic mass is 10.0. The second-order valence-corrected chi connectivity index (χ2v) is 5.32. The second kappa shape index (κ2) is 6.38. The molecule has 1 aromatic carbocycles. The average molecular weight is 300 g/mol. The highest BCUT2D eigenvalue weighted by Crippen LogP contribution is 2.15. The molecule has 0 bridgehead atoms. The predicted octanol–water partition coefficient (Wildman–Crippen LogP) is 3.66. The molecule has 2 rings (SSSR count). The van der Waals surface area contributed by atoms with E-state index in [9.17, 15) is 4.79 Å². The number of carbonyl (C=O) groups excluding carboxylic acids is 1. The summed E-state index contributed by atoms with van der Waals surface area (Å²) in [5.74, 6) is -0.376. The van der Waals surface area contributed by atoms with Crippen LogP contribution in [0.15, 0.2) is 42.2 Å². The fourth-order valence-corrected chi connectivity index (χ4v) is 1.91. The first-order chi connectivity index (χ1) is 10.0. The summed E-state index contributed by atoms with van der Waals surface area (Å²) in [5, 5.41) is 13.9. The maximum absolute atomic E-state index is 11.9. The van der Waals surface area contributed by atoms with Gasteiger partial charge in [0.25, 0.3) is 0 Å². The number of carbonyl (C=O) groups is 1. The topological polar surface area (TPSA) is 58.7 Å². The SMILES string of the molecule is CC(C)C(=O)/C(C#N)=C\c1cnn(-c2ccc(Cl)cc2)c1. The van der Waals surface area contributed by atoms with Crippen LogP contribution >= 0.6 is 11.6 Å². The Morgan fingerprint density at radius 3 is 2.62 bits per heavy atom. The minimum absolute atomic E-state index is 0.139. The standard InChI is InChI=1S/C16H14ClN3O/c1-11(2)16(21)13(8-18)7-12-9-19-20(10-12)15-5-3-14(17)4-6-15/h3-7,9-11H,1-2H3/b13-7-. The van der Waals surface area contributed by atoms with Gasteiger partial charge in [0.05, 0.1) is 17.5 Å². The van der Waals surface area contributed by atoms with E-state index in [1.54, 1.807) is 49.1 Å². The number of Topliss-reactive ketones (excluding diaryl/α,β-unsaturated/α-hetero) is 1. The number of nitrogens with zero attached hydrogens (tertiary/aromatic N) is 3. The van der Waals surface area contributed by atoms with Gasteiger partial charge in [0.1, 0.15) is 6.07 Å². The van der Waals surface area contributed by atoms with E-state index in [1.165, 1.54) is 0 Å². The number of hydrogen-bond acceptors (Lipinski definition) is 3. The van der Waals surface area contributed by atoms with Crippen molar-refractivity contribution in [3.8, 4) is 11.8 Å². The van der Waals surface area contributed by atoms with E-state index in [0.717, 1.165) is 5.69 Å². The van der Waals surface area contributed by atoms with Gasteiger partial charge in [-0.15, -0.1) is 0 Å². The Bertz CT molecular complexity index is 721. The van der Waals surface area contributed by atoms with Gasteiger partial charge in [-0.25, -0.2) is 4.68 Å². The zero-order chi connectivity index (χ0) is 15.4. The number of hydrogen-bond donors (Lipinski definition) is 0. The summed E-state index contributed by atoms with van der Waals surface area (Å²) in [4.78, 5) is 11.9. The molecule has 0 aliphatic heterocycles. The molecule has 0 saturated carbocycles. The molecule has 0 saturated heterocycles. The van der Waals surface area contributed by atoms with Crippen LogP contribution < -0.4 is 0 Å². The average Bonchev–Trinajstić information content (AvgIpc) is 2.93. The van der Waals surface area contributed by atoms with Crippen molar-refractivity contribution in [1.29, 1.82) is 5.26 Å². The first kappa shape index (κ1) is 15.0. The largest absolute Gasteiger partial charge is 0.293 e. The molecule has 2 aromatic rings. The van der Waals surface area contributed by atoms with E-state index in [1.807, 2.05) is 18.2 Å². The lowest BCUT2D eigenvalue weighted by molar-refractivity contribution is -0.117. The number of nitriles is 1. The first-order valence-corrected chi connectivity index (χ1v) is 6.85. The van der Waals surface area contributed by atoms with Crippen LogP contribution in [0.25, 0.3) is 11.8 Å². The van der Waals surface area contributed by atoms with E-state index in [2.05, 4.69) is 5.10 Å². The summed E-state index contributed by atoms with van der Waals surface area (Å²) < 4.78 is 1.66. The molecule has 21 heavy (non-hydrogen) atoms. The fraction of sp³-hybridized carbons (Fsp3) is 0.188. The van der Waals surface area contributed by atoms with Gasteiger partial charge in [0.2, 0.25) is 0 Å². The number of rotatable bonds is 4. The van der Waals surface area contributed by atoms with Crippen molar-refractivity contribution in [2.75, 3.05) is 0 Å². The molecule has 4 nitrogen and oxygen atoms in total. The van der Waals surface area contributed by atoms with Crippen molar-refractivity contribution in [3.05, 3.63) is 52.8 Å². The molecule has 0 spiro atoms. The molecule has 1 aromatic heterocycles. The minimum atomic E-state index is -0.206. The molecule has 1 heterocycles. The second-order valence-electron chi connectivity index (χ2n) is 4.88. The van der Waals surface area contributed by atoms with E-state index in [4.69, 9.17) is 16.9 Å². The summed E-state index contributed by atoms with van der Waals surface area (Å²) in [6, 6.07) is 9.18. The van der Waals surface area contributed by atoms with Crippen molar-refractivity contribution < 1.29 is 4.79 Å². The summed E-state index contributed by atoms with van der Waals surface area (Å²) in [7, 11) is 0. The monoisotopic (exact) mass is 299 g/mol. The highest BCUT2D eigenvalue weighted by molar-refractivity contribution is 6.30. The summed E-state index contributed by atoms with van der Waals surface area (Å²) in [6.07, 6.45) is 4.93. The molecular formula is C16H14ClN3O. The third-order valence-electron chi connectivity index (χ3n) is 2.92. The van der Waals surface area contributed by atoms with Crippen LogP contribution in [0.2, 0.25) is 5.02 Å². The first-order valence-electron chi connectivity index (χ1n) is 6.48. The summed E-state index contributed by atoms with van der Waals surface area (Å²) in [6.45, 7) is 3.54. The van der Waals surface area contributed by atoms with E-state index in [-0.39, 0.29) is 17.3 Å². The molecule has 0 amide bonds. The zero-order valence-corrected chi connectivity index (χ0v) is 12.5. The Balaban J connectivity index is 2.29. The van der Waals surface area contributed by atoms with Crippen LogP contribution in [0, 0.1) is 17.2 Å². The van der Waals surface area contributed by atoms with Gasteiger partial charge in [0.15, 0.2) is 5.78 Å². The maximum atomic E-state index is 11.9. The van der Waals surface area contributed by atoms with Crippen molar-refractivity contribution in [3.63, 3.8) is 0 Å². The molecule has 0 N–H and O–H groups in total. The Kier molecular flexibility index (Phi) is 4.56. The van der Waals surface area contributed by atoms with Crippen LogP contribution in [0.1, 0.15) is 19.4 Å². The van der Waals surface area contributed by atoms with Crippen LogP contribution in [0.3, 0.4) is 0 Å². The van der Waals surface area contributed by atoms with Gasteiger partial charge >= 0.3 is 0 Å². The summed E-state index contributed by atoms with van der Waals surface area (Å²) >= 11 is 5.84. The Morgan fingerprint density at radius 1 is 1.38 bits per heavy atom. The lowest BCUT2D eigenvalue weighted by Gasteiger charge is -2.01. The molecular weight excluding hydrogens is 286 g/mol. The molecule has 0 atom stereocenters. The fourth-order valence-electron chi connectivity index (χ4n) is 1.78. The van der Waals surface area contributed by atoms with Gasteiger partial charge in [-0.1, -0.05) is 25.4 Å². The number of allylic oxidation sites excluding steroid dienone is 1. The van der Waals surface area contributed by atoms with Crippen molar-refractivity contribution in [2.24, 2.45) is 5.92 Å². The van der Waals surface area contributed by atoms with E-state index in [0.29, 0.717) is 10.6 Å². The van der Waals surface area contributed by atoms with Gasteiger partial charge in [0, 0.05) is 22.7 Å². The van der Waals surface area contributed by atoms with Crippen LogP contribution in [0.4, 0.5) is 0 Å². The van der Waals surface area contributed by atoms with Crippen molar-refractivity contribution in [2.45, 2.75) is 13.8 Å². The van der Waals surface area contributed by atoms with E-state index < -0.39 is 0 Å². The van der Waals surface area contributed by atoms with Gasteiger partial charge in [-0.05, 0) is 30.3 Å². The Hall–Kier alpha value is -2.38. The van der Waals surface area contributed by atoms with Gasteiger partial charge in [-0.2, -0.15) is 10.4 Å². The van der Waals surface area contributed by atoms with Gasteiger partial charge < -0.3 is 0 Å². The van der Waals surface area contributed by atoms with Crippen molar-refractivity contribution >= 4 is 23.5 Å². The van der Waals surface area contributed by atoms with Crippen molar-refractivity contribution in [1.82, 2.24) is 9.78 Å². The Morgan fingerprint density at radius 2 is 2.05 bits per heavy atom. The quantitative estimate of drug-likeness (QED) is 0.639. The molecule has 106 valence electrons. The lowest BCUT2D eigenvalue weighted by Crippen LogP contribution is -2.08. The molecule has 0 radical (unpaired) electrons. The third-order valence-corrected chi connectivity index (χ3v) is 3.17. The van der Waals surface area contributed by atoms with E-state index >= 15 is 0 Å². The molecule has 0 aliphatic carbocycles. The molecule has 0 aliphatic rings. The number of benzene rings is 1. The number of ketones is 1. The zero-order valence-electron chi connectivity index (χ0n) is 11.7. The molecule has 0 unspecified atom stereocenters. The number of halogens is 1. The maximum Gasteiger partial charge on any atom is 0.175 e. The van der Waals surface area contributed by atoms with Crippen LogP contribution in [-0.4, -0.2) is 15.6 Å². The predicted molar refractivity (Wildman–Crippen MR) is 82.0 cm³/mol. The molecule has 0 fully saturated rings. The van der Waals surface area contributed by atoms with Crippen LogP contribution in [0.5, 0.6) is 0 Å². The summed E-state index contributed by atoms with van der Waals surface area (Å²) in [5.41, 5.74) is 1.70. The third kappa shape index (κ3) is 3.59.